The Hall–Kier alpha value is -0.470. The molecule has 1 aromatic rings. The smallest absolute Gasteiger partial charge is 0.0642 e. The minimum Gasteiger partial charge on any atom is -0.390 e. The Balaban J connectivity index is 2.22. The van der Waals surface area contributed by atoms with Crippen molar-refractivity contribution in [3.05, 3.63) is 30.3 Å². The molecule has 16 heavy (non-hydrogen) atoms. The molecule has 0 amide bonds. The highest BCUT2D eigenvalue weighted by Gasteiger charge is 2.20. The second kappa shape index (κ2) is 6.97. The highest BCUT2D eigenvalue weighted by molar-refractivity contribution is 7.99. The van der Waals surface area contributed by atoms with E-state index in [-0.39, 0.29) is 0 Å². The summed E-state index contributed by atoms with van der Waals surface area (Å²) in [5.41, 5.74) is -0.433. The van der Waals surface area contributed by atoms with Gasteiger partial charge in [-0.25, -0.2) is 0 Å². The van der Waals surface area contributed by atoms with Gasteiger partial charge < -0.3 is 5.11 Å². The molecule has 0 saturated carbocycles. The Labute approximate surface area is 103 Å². The predicted octanol–water partition coefficient (Wildman–Crippen LogP) is 4.11. The zero-order valence-electron chi connectivity index (χ0n) is 10.3. The molecule has 0 aliphatic rings. The van der Waals surface area contributed by atoms with E-state index in [0.29, 0.717) is 0 Å². The molecule has 0 aromatic heterocycles. The van der Waals surface area contributed by atoms with Gasteiger partial charge in [0, 0.05) is 4.90 Å². The van der Waals surface area contributed by atoms with Crippen molar-refractivity contribution in [1.29, 1.82) is 0 Å². The van der Waals surface area contributed by atoms with Crippen LogP contribution >= 0.6 is 11.8 Å². The summed E-state index contributed by atoms with van der Waals surface area (Å²) >= 11 is 1.87. The highest BCUT2D eigenvalue weighted by Crippen LogP contribution is 2.24. The fraction of sp³-hybridized carbons (Fsp3) is 0.571. The molecular formula is C14H22OS. The largest absolute Gasteiger partial charge is 0.390 e. The summed E-state index contributed by atoms with van der Waals surface area (Å²) in [6.07, 6.45) is 3.72. The topological polar surface area (TPSA) is 20.2 Å². The summed E-state index contributed by atoms with van der Waals surface area (Å²) in [5, 5.41) is 10.1. The molecule has 0 fully saturated rings. The molecule has 1 rings (SSSR count). The van der Waals surface area contributed by atoms with E-state index in [2.05, 4.69) is 38.1 Å². The standard InChI is InChI=1S/C14H22OS/c1-3-14(15,4-2)11-8-12-16-13-9-6-5-7-10-13/h5-7,9-10,15H,3-4,8,11-12H2,1-2H3. The minimum atomic E-state index is -0.433. The van der Waals surface area contributed by atoms with E-state index < -0.39 is 5.60 Å². The molecule has 0 atom stereocenters. The van der Waals surface area contributed by atoms with Crippen LogP contribution < -0.4 is 0 Å². The number of thioether (sulfide) groups is 1. The first-order valence-electron chi connectivity index (χ1n) is 6.10. The van der Waals surface area contributed by atoms with Gasteiger partial charge in [-0.3, -0.25) is 0 Å². The molecule has 0 aliphatic carbocycles. The van der Waals surface area contributed by atoms with Crippen LogP contribution in [0.4, 0.5) is 0 Å². The van der Waals surface area contributed by atoms with E-state index in [1.165, 1.54) is 4.90 Å². The van der Waals surface area contributed by atoms with E-state index in [1.54, 1.807) is 0 Å². The van der Waals surface area contributed by atoms with Crippen LogP contribution in [0.15, 0.2) is 35.2 Å². The first kappa shape index (κ1) is 13.6. The summed E-state index contributed by atoms with van der Waals surface area (Å²) in [6.45, 7) is 4.13. The van der Waals surface area contributed by atoms with Crippen LogP contribution in [0, 0.1) is 0 Å². The summed E-state index contributed by atoms with van der Waals surface area (Å²) in [5.74, 6) is 1.09. The van der Waals surface area contributed by atoms with Crippen molar-refractivity contribution in [2.24, 2.45) is 0 Å². The van der Waals surface area contributed by atoms with Gasteiger partial charge >= 0.3 is 0 Å². The molecule has 0 saturated heterocycles. The lowest BCUT2D eigenvalue weighted by molar-refractivity contribution is 0.0232. The van der Waals surface area contributed by atoms with Crippen molar-refractivity contribution in [2.45, 2.75) is 50.0 Å². The molecule has 1 aromatic carbocycles. The Morgan fingerprint density at radius 3 is 2.31 bits per heavy atom. The molecule has 0 bridgehead atoms. The number of hydrogen-bond acceptors (Lipinski definition) is 2. The second-order valence-corrected chi connectivity index (χ2v) is 5.36. The van der Waals surface area contributed by atoms with E-state index in [9.17, 15) is 5.11 Å². The zero-order valence-corrected chi connectivity index (χ0v) is 11.1. The number of hydrogen-bond donors (Lipinski definition) is 1. The Bertz CT molecular complexity index is 280. The molecule has 0 unspecified atom stereocenters. The molecule has 2 heteroatoms. The van der Waals surface area contributed by atoms with Gasteiger partial charge in [-0.15, -0.1) is 11.8 Å². The quantitative estimate of drug-likeness (QED) is 0.570. The second-order valence-electron chi connectivity index (χ2n) is 4.20. The van der Waals surface area contributed by atoms with Crippen molar-refractivity contribution >= 4 is 11.8 Å². The van der Waals surface area contributed by atoms with Crippen LogP contribution in [0.25, 0.3) is 0 Å². The van der Waals surface area contributed by atoms with Gasteiger partial charge in [0.15, 0.2) is 0 Å². The molecule has 0 spiro atoms. The van der Waals surface area contributed by atoms with Crippen LogP contribution in [-0.4, -0.2) is 16.5 Å². The first-order valence-corrected chi connectivity index (χ1v) is 7.09. The lowest BCUT2D eigenvalue weighted by Crippen LogP contribution is -2.26. The van der Waals surface area contributed by atoms with Crippen molar-refractivity contribution < 1.29 is 5.11 Å². The van der Waals surface area contributed by atoms with Gasteiger partial charge in [-0.1, -0.05) is 32.0 Å². The van der Waals surface area contributed by atoms with Crippen LogP contribution in [0.2, 0.25) is 0 Å². The maximum absolute atomic E-state index is 10.1. The van der Waals surface area contributed by atoms with Crippen LogP contribution in [-0.2, 0) is 0 Å². The molecular weight excluding hydrogens is 216 g/mol. The van der Waals surface area contributed by atoms with E-state index >= 15 is 0 Å². The fourth-order valence-electron chi connectivity index (χ4n) is 1.71. The Kier molecular flexibility index (Phi) is 5.93. The third kappa shape index (κ3) is 4.58. The monoisotopic (exact) mass is 238 g/mol. The van der Waals surface area contributed by atoms with Crippen LogP contribution in [0.3, 0.4) is 0 Å². The van der Waals surface area contributed by atoms with Crippen LogP contribution in [0.1, 0.15) is 39.5 Å². The van der Waals surface area contributed by atoms with Gasteiger partial charge in [0.05, 0.1) is 5.60 Å². The normalized spacial score (nSPS) is 11.7. The predicted molar refractivity (Wildman–Crippen MR) is 71.9 cm³/mol. The molecule has 0 heterocycles. The van der Waals surface area contributed by atoms with Crippen molar-refractivity contribution in [3.63, 3.8) is 0 Å². The maximum atomic E-state index is 10.1. The van der Waals surface area contributed by atoms with Crippen molar-refractivity contribution in [2.75, 3.05) is 5.75 Å². The van der Waals surface area contributed by atoms with Gasteiger partial charge in [0.25, 0.3) is 0 Å². The summed E-state index contributed by atoms with van der Waals surface area (Å²) in [4.78, 5) is 1.32. The Morgan fingerprint density at radius 1 is 1.12 bits per heavy atom. The van der Waals surface area contributed by atoms with E-state index in [0.717, 1.165) is 31.4 Å². The Morgan fingerprint density at radius 2 is 1.75 bits per heavy atom. The average Bonchev–Trinajstić information content (AvgIpc) is 2.36. The first-order chi connectivity index (χ1) is 7.70. The van der Waals surface area contributed by atoms with Crippen LogP contribution in [0.5, 0.6) is 0 Å². The summed E-state index contributed by atoms with van der Waals surface area (Å²) in [6, 6.07) is 10.4. The third-order valence-electron chi connectivity index (χ3n) is 3.11. The van der Waals surface area contributed by atoms with E-state index in [1.807, 2.05) is 17.8 Å². The fourth-order valence-corrected chi connectivity index (χ4v) is 2.59. The zero-order chi connectivity index (χ0) is 11.9. The molecule has 1 nitrogen and oxygen atoms in total. The number of benzene rings is 1. The summed E-state index contributed by atoms with van der Waals surface area (Å²) in [7, 11) is 0. The lowest BCUT2D eigenvalue weighted by atomic mass is 9.92. The summed E-state index contributed by atoms with van der Waals surface area (Å²) < 4.78 is 0. The van der Waals surface area contributed by atoms with Gasteiger partial charge in [-0.2, -0.15) is 0 Å². The van der Waals surface area contributed by atoms with E-state index in [4.69, 9.17) is 0 Å². The van der Waals surface area contributed by atoms with Crippen molar-refractivity contribution in [1.82, 2.24) is 0 Å². The number of rotatable bonds is 7. The molecule has 1 N–H and O–H groups in total. The average molecular weight is 238 g/mol. The SMILES string of the molecule is CCC(O)(CC)CCCSc1ccccc1. The molecule has 0 aliphatic heterocycles. The van der Waals surface area contributed by atoms with Gasteiger partial charge in [0.2, 0.25) is 0 Å². The van der Waals surface area contributed by atoms with Gasteiger partial charge in [0.1, 0.15) is 0 Å². The molecule has 0 radical (unpaired) electrons. The maximum Gasteiger partial charge on any atom is 0.0642 e. The molecule has 90 valence electrons. The minimum absolute atomic E-state index is 0.433. The van der Waals surface area contributed by atoms with Crippen molar-refractivity contribution in [3.8, 4) is 0 Å². The third-order valence-corrected chi connectivity index (χ3v) is 4.21. The van der Waals surface area contributed by atoms with Gasteiger partial charge in [-0.05, 0) is 43.6 Å². The number of aliphatic hydroxyl groups is 1. The lowest BCUT2D eigenvalue weighted by Gasteiger charge is -2.24. The highest BCUT2D eigenvalue weighted by atomic mass is 32.2.